The van der Waals surface area contributed by atoms with Gasteiger partial charge in [0.2, 0.25) is 0 Å². The van der Waals surface area contributed by atoms with E-state index < -0.39 is 0 Å². The van der Waals surface area contributed by atoms with E-state index in [0.29, 0.717) is 6.61 Å². The van der Waals surface area contributed by atoms with Gasteiger partial charge in [-0.3, -0.25) is 4.79 Å². The topological polar surface area (TPSA) is 35.5 Å². The molecule has 0 amide bonds. The minimum absolute atomic E-state index is 0.173. The highest BCUT2D eigenvalue weighted by atomic mass is 79.9. The molecule has 0 saturated carbocycles. The van der Waals surface area contributed by atoms with Gasteiger partial charge < -0.3 is 9.47 Å². The number of halogens is 2. The van der Waals surface area contributed by atoms with Crippen molar-refractivity contribution in [3.8, 4) is 5.75 Å². The number of carbonyl (C=O) groups is 1. The van der Waals surface area contributed by atoms with Crippen LogP contribution >= 0.6 is 31.9 Å². The molecule has 26 heavy (non-hydrogen) atoms. The van der Waals surface area contributed by atoms with Crippen LogP contribution in [0.5, 0.6) is 5.75 Å². The first-order chi connectivity index (χ1) is 12.3. The molecule has 0 aliphatic carbocycles. The number of hydrogen-bond acceptors (Lipinski definition) is 3. The molecule has 2 aromatic rings. The highest BCUT2D eigenvalue weighted by Crippen LogP contribution is 2.34. The summed E-state index contributed by atoms with van der Waals surface area (Å²) in [5, 5.41) is 3.07. The lowest BCUT2D eigenvalue weighted by Gasteiger charge is -2.21. The highest BCUT2D eigenvalue weighted by molar-refractivity contribution is 9.10. The lowest BCUT2D eigenvalue weighted by atomic mass is 9.91. The molecule has 0 saturated heterocycles. The Kier molecular flexibility index (Phi) is 7.53. The van der Waals surface area contributed by atoms with Crippen molar-refractivity contribution in [2.45, 2.75) is 39.5 Å². The van der Waals surface area contributed by atoms with E-state index in [1.54, 1.807) is 7.11 Å². The monoisotopic (exact) mass is 484 g/mol. The van der Waals surface area contributed by atoms with Crippen molar-refractivity contribution in [1.29, 1.82) is 0 Å². The van der Waals surface area contributed by atoms with E-state index in [1.807, 2.05) is 37.3 Å². The number of methoxy groups -OCH3 is 1. The normalized spacial score (nSPS) is 12.8. The summed E-state index contributed by atoms with van der Waals surface area (Å²) < 4.78 is 11.7. The maximum Gasteiger partial charge on any atom is 0.313 e. The van der Waals surface area contributed by atoms with Crippen LogP contribution in [0.25, 0.3) is 10.8 Å². The van der Waals surface area contributed by atoms with E-state index in [-0.39, 0.29) is 17.3 Å². The molecular formula is C21H26Br2O3. The number of ether oxygens (including phenoxy) is 2. The van der Waals surface area contributed by atoms with Crippen LogP contribution in [0.2, 0.25) is 0 Å². The van der Waals surface area contributed by atoms with Crippen LogP contribution in [-0.2, 0) is 9.53 Å². The summed E-state index contributed by atoms with van der Waals surface area (Å²) in [6.07, 6.45) is 1.90. The Morgan fingerprint density at radius 2 is 1.96 bits per heavy atom. The Labute approximate surface area is 172 Å². The molecule has 3 nitrogen and oxygen atoms in total. The van der Waals surface area contributed by atoms with Crippen LogP contribution in [0.15, 0.2) is 34.8 Å². The second-order valence-corrected chi connectivity index (χ2v) is 8.71. The Morgan fingerprint density at radius 3 is 2.62 bits per heavy atom. The number of hydrogen-bond donors (Lipinski definition) is 0. The minimum Gasteiger partial charge on any atom is -0.496 e. The van der Waals surface area contributed by atoms with Gasteiger partial charge in [-0.15, -0.1) is 0 Å². The molecule has 0 aliphatic rings. The SMILES string of the molecule is COc1ccc2cc(C(C)C(=O)OCCCC(C)(C)CBr)ccc2c1Br. The predicted octanol–water partition coefficient (Wildman–Crippen LogP) is 6.46. The Hall–Kier alpha value is -1.07. The summed E-state index contributed by atoms with van der Waals surface area (Å²) in [6.45, 7) is 6.77. The molecule has 0 heterocycles. The smallest absolute Gasteiger partial charge is 0.313 e. The van der Waals surface area contributed by atoms with E-state index in [4.69, 9.17) is 9.47 Å². The summed E-state index contributed by atoms with van der Waals surface area (Å²) >= 11 is 7.10. The molecule has 2 rings (SSSR count). The quantitative estimate of drug-likeness (QED) is 0.244. The summed E-state index contributed by atoms with van der Waals surface area (Å²) in [4.78, 5) is 12.4. The lowest BCUT2D eigenvalue weighted by molar-refractivity contribution is -0.145. The van der Waals surface area contributed by atoms with Crippen LogP contribution < -0.4 is 4.74 Å². The molecule has 0 aromatic heterocycles. The van der Waals surface area contributed by atoms with Crippen molar-refractivity contribution in [3.63, 3.8) is 0 Å². The van der Waals surface area contributed by atoms with E-state index in [2.05, 4.69) is 45.7 Å². The number of benzene rings is 2. The third-order valence-electron chi connectivity index (χ3n) is 4.62. The van der Waals surface area contributed by atoms with Gasteiger partial charge in [-0.1, -0.05) is 54.0 Å². The van der Waals surface area contributed by atoms with Crippen LogP contribution in [-0.4, -0.2) is 25.0 Å². The second-order valence-electron chi connectivity index (χ2n) is 7.35. The van der Waals surface area contributed by atoms with Crippen molar-refractivity contribution in [2.75, 3.05) is 19.0 Å². The molecule has 142 valence electrons. The Balaban J connectivity index is 2.02. The first-order valence-corrected chi connectivity index (χ1v) is 10.7. The fourth-order valence-corrected chi connectivity index (χ4v) is 3.70. The van der Waals surface area contributed by atoms with E-state index >= 15 is 0 Å². The molecule has 2 aromatic carbocycles. The number of carbonyl (C=O) groups excluding carboxylic acids is 1. The van der Waals surface area contributed by atoms with Gasteiger partial charge in [0.1, 0.15) is 5.75 Å². The summed E-state index contributed by atoms with van der Waals surface area (Å²) in [5.74, 6) is 0.335. The van der Waals surface area contributed by atoms with Crippen molar-refractivity contribution < 1.29 is 14.3 Å². The predicted molar refractivity (Wildman–Crippen MR) is 114 cm³/mol. The summed E-state index contributed by atoms with van der Waals surface area (Å²) in [6, 6.07) is 9.96. The molecule has 1 unspecified atom stereocenters. The third kappa shape index (κ3) is 5.23. The number of fused-ring (bicyclic) bond motifs is 1. The van der Waals surface area contributed by atoms with Crippen LogP contribution in [0, 0.1) is 5.41 Å². The van der Waals surface area contributed by atoms with E-state index in [0.717, 1.165) is 44.7 Å². The van der Waals surface area contributed by atoms with Gasteiger partial charge in [0.15, 0.2) is 0 Å². The van der Waals surface area contributed by atoms with Crippen LogP contribution in [0.4, 0.5) is 0 Å². The highest BCUT2D eigenvalue weighted by Gasteiger charge is 2.19. The van der Waals surface area contributed by atoms with Crippen LogP contribution in [0.1, 0.15) is 45.1 Å². The number of alkyl halides is 1. The largest absolute Gasteiger partial charge is 0.496 e. The van der Waals surface area contributed by atoms with Crippen molar-refractivity contribution in [1.82, 2.24) is 0 Å². The Morgan fingerprint density at radius 1 is 1.23 bits per heavy atom. The number of esters is 1. The minimum atomic E-state index is -0.288. The van der Waals surface area contributed by atoms with Crippen molar-refractivity contribution >= 4 is 48.6 Å². The fraction of sp³-hybridized carbons (Fsp3) is 0.476. The zero-order valence-corrected chi connectivity index (χ0v) is 18.9. The van der Waals surface area contributed by atoms with Gasteiger partial charge in [-0.2, -0.15) is 0 Å². The first kappa shape index (κ1) is 21.2. The maximum absolute atomic E-state index is 12.4. The van der Waals surface area contributed by atoms with Gasteiger partial charge in [0, 0.05) is 5.33 Å². The third-order valence-corrected chi connectivity index (χ3v) is 6.96. The molecule has 5 heteroatoms. The standard InChI is InChI=1S/C21H26Br2O3/c1-14(20(24)26-11-5-10-21(2,3)13-22)15-6-8-17-16(12-15)7-9-18(25-4)19(17)23/h6-9,12,14H,5,10-11,13H2,1-4H3. The van der Waals surface area contributed by atoms with Crippen LogP contribution in [0.3, 0.4) is 0 Å². The second kappa shape index (κ2) is 9.23. The van der Waals surface area contributed by atoms with Gasteiger partial charge in [0.05, 0.1) is 24.1 Å². The molecule has 0 radical (unpaired) electrons. The molecule has 0 N–H and O–H groups in total. The van der Waals surface area contributed by atoms with Crippen molar-refractivity contribution in [2.24, 2.45) is 5.41 Å². The van der Waals surface area contributed by atoms with Crippen molar-refractivity contribution in [3.05, 3.63) is 40.4 Å². The van der Waals surface area contributed by atoms with Gasteiger partial charge in [-0.05, 0) is 63.5 Å². The van der Waals surface area contributed by atoms with E-state index in [9.17, 15) is 4.79 Å². The van der Waals surface area contributed by atoms with Gasteiger partial charge in [-0.25, -0.2) is 0 Å². The average molecular weight is 486 g/mol. The number of rotatable bonds is 8. The Bertz CT molecular complexity index is 771. The van der Waals surface area contributed by atoms with Gasteiger partial charge in [0.25, 0.3) is 0 Å². The fourth-order valence-electron chi connectivity index (χ4n) is 2.77. The zero-order chi connectivity index (χ0) is 19.3. The molecule has 0 bridgehead atoms. The lowest BCUT2D eigenvalue weighted by Crippen LogP contribution is -2.17. The molecular weight excluding hydrogens is 460 g/mol. The van der Waals surface area contributed by atoms with E-state index in [1.165, 1.54) is 0 Å². The average Bonchev–Trinajstić information content (AvgIpc) is 2.64. The summed E-state index contributed by atoms with van der Waals surface area (Å²) in [7, 11) is 1.65. The zero-order valence-electron chi connectivity index (χ0n) is 15.8. The summed E-state index contributed by atoms with van der Waals surface area (Å²) in [5.41, 5.74) is 1.19. The first-order valence-electron chi connectivity index (χ1n) is 8.78. The maximum atomic E-state index is 12.4. The molecule has 0 aliphatic heterocycles. The molecule has 1 atom stereocenters. The van der Waals surface area contributed by atoms with Gasteiger partial charge >= 0.3 is 5.97 Å². The molecule has 0 fully saturated rings. The molecule has 0 spiro atoms.